The summed E-state index contributed by atoms with van der Waals surface area (Å²) in [5, 5.41) is 8.66. The second-order valence-corrected chi connectivity index (χ2v) is 5.23. The molecule has 0 spiro atoms. The summed E-state index contributed by atoms with van der Waals surface area (Å²) in [6.45, 7) is 1.81. The lowest BCUT2D eigenvalue weighted by Gasteiger charge is -2.23. The zero-order chi connectivity index (χ0) is 13.6. The van der Waals surface area contributed by atoms with Gasteiger partial charge in [0.15, 0.2) is 0 Å². The van der Waals surface area contributed by atoms with Gasteiger partial charge in [0.25, 0.3) is 0 Å². The van der Waals surface area contributed by atoms with Gasteiger partial charge >= 0.3 is 16.2 Å². The third kappa shape index (κ3) is 4.01. The van der Waals surface area contributed by atoms with Crippen LogP contribution in [0.3, 0.4) is 0 Å². The molecule has 1 rings (SSSR count). The Labute approximate surface area is 106 Å². The van der Waals surface area contributed by atoms with Crippen LogP contribution >= 0.6 is 0 Å². The second kappa shape index (κ2) is 6.36. The predicted molar refractivity (Wildman–Crippen MR) is 68.6 cm³/mol. The second-order valence-electron chi connectivity index (χ2n) is 3.55. The van der Waals surface area contributed by atoms with Gasteiger partial charge in [-0.05, 0) is 12.1 Å². The van der Waals surface area contributed by atoms with E-state index in [4.69, 9.17) is 5.11 Å². The summed E-state index contributed by atoms with van der Waals surface area (Å²) in [4.78, 5) is 10.6. The van der Waals surface area contributed by atoms with Crippen LogP contribution in [0.15, 0.2) is 30.3 Å². The number of carbonyl (C=O) groups is 1. The van der Waals surface area contributed by atoms with E-state index in [0.717, 1.165) is 4.31 Å². The van der Waals surface area contributed by atoms with Crippen molar-refractivity contribution in [3.63, 3.8) is 0 Å². The van der Waals surface area contributed by atoms with Crippen molar-refractivity contribution in [2.75, 3.05) is 17.4 Å². The molecule has 100 valence electrons. The van der Waals surface area contributed by atoms with Gasteiger partial charge in [0.2, 0.25) is 0 Å². The monoisotopic (exact) mass is 272 g/mol. The molecule has 0 saturated carbocycles. The highest BCUT2D eigenvalue weighted by atomic mass is 32.2. The number of carboxylic acids is 1. The van der Waals surface area contributed by atoms with Crippen LogP contribution in [0.1, 0.15) is 13.3 Å². The molecule has 6 nitrogen and oxygen atoms in total. The number of hydrogen-bond donors (Lipinski definition) is 2. The maximum atomic E-state index is 12.0. The number of hydrogen-bond acceptors (Lipinski definition) is 3. The normalized spacial score (nSPS) is 11.2. The molecule has 2 N–H and O–H groups in total. The van der Waals surface area contributed by atoms with Crippen LogP contribution in [-0.2, 0) is 15.0 Å². The van der Waals surface area contributed by atoms with E-state index in [1.54, 1.807) is 37.3 Å². The lowest BCUT2D eigenvalue weighted by molar-refractivity contribution is -0.136. The van der Waals surface area contributed by atoms with Crippen LogP contribution in [0.5, 0.6) is 0 Å². The predicted octanol–water partition coefficient (Wildman–Crippen LogP) is 0.822. The minimum atomic E-state index is -3.70. The first-order chi connectivity index (χ1) is 8.47. The van der Waals surface area contributed by atoms with Gasteiger partial charge in [-0.1, -0.05) is 25.1 Å². The standard InChI is InChI=1S/C11H16N2O4S/c1-2-12-18(16,17)13(9-8-11(14)15)10-6-4-3-5-7-10/h3-7,12H,2,8-9H2,1H3,(H,14,15). The molecule has 0 unspecified atom stereocenters. The van der Waals surface area contributed by atoms with E-state index in [0.29, 0.717) is 5.69 Å². The number of rotatable bonds is 7. The average Bonchev–Trinajstić information content (AvgIpc) is 2.29. The van der Waals surface area contributed by atoms with Gasteiger partial charge in [0.05, 0.1) is 12.1 Å². The molecule has 0 amide bonds. The number of carboxylic acid groups (broad SMARTS) is 1. The number of anilines is 1. The Kier molecular flexibility index (Phi) is 5.11. The fourth-order valence-electron chi connectivity index (χ4n) is 1.44. The van der Waals surface area contributed by atoms with Crippen LogP contribution in [-0.4, -0.2) is 32.6 Å². The Morgan fingerprint density at radius 1 is 1.33 bits per heavy atom. The van der Waals surface area contributed by atoms with E-state index in [1.807, 2.05) is 0 Å². The highest BCUT2D eigenvalue weighted by molar-refractivity contribution is 7.90. The lowest BCUT2D eigenvalue weighted by Crippen LogP contribution is -2.41. The van der Waals surface area contributed by atoms with E-state index < -0.39 is 16.2 Å². The van der Waals surface area contributed by atoms with Crippen LogP contribution in [0.4, 0.5) is 5.69 Å². The summed E-state index contributed by atoms with van der Waals surface area (Å²) in [6.07, 6.45) is -0.250. The van der Waals surface area contributed by atoms with Gasteiger partial charge < -0.3 is 5.11 Å². The van der Waals surface area contributed by atoms with Crippen molar-refractivity contribution < 1.29 is 18.3 Å². The minimum Gasteiger partial charge on any atom is -0.481 e. The van der Waals surface area contributed by atoms with Crippen molar-refractivity contribution in [1.29, 1.82) is 0 Å². The summed E-state index contributed by atoms with van der Waals surface area (Å²) < 4.78 is 27.3. The Hall–Kier alpha value is -1.60. The Bertz CT molecular complexity index is 487. The van der Waals surface area contributed by atoms with Crippen molar-refractivity contribution in [3.8, 4) is 0 Å². The lowest BCUT2D eigenvalue weighted by atomic mass is 10.3. The molecule has 0 saturated heterocycles. The molecule has 1 aromatic carbocycles. The molecule has 0 aliphatic rings. The minimum absolute atomic E-state index is 0.103. The van der Waals surface area contributed by atoms with Gasteiger partial charge in [-0.3, -0.25) is 9.10 Å². The zero-order valence-electron chi connectivity index (χ0n) is 10.0. The van der Waals surface area contributed by atoms with Crippen molar-refractivity contribution in [2.24, 2.45) is 0 Å². The number of para-hydroxylation sites is 1. The molecular formula is C11H16N2O4S. The van der Waals surface area contributed by atoms with Gasteiger partial charge in [-0.15, -0.1) is 0 Å². The quantitative estimate of drug-likeness (QED) is 0.769. The van der Waals surface area contributed by atoms with Crippen LogP contribution in [0, 0.1) is 0 Å². The Morgan fingerprint density at radius 2 is 1.94 bits per heavy atom. The largest absolute Gasteiger partial charge is 0.481 e. The summed E-state index contributed by atoms with van der Waals surface area (Å²) in [7, 11) is -3.70. The molecule has 0 fully saturated rings. The third-order valence-electron chi connectivity index (χ3n) is 2.19. The summed E-state index contributed by atoms with van der Waals surface area (Å²) in [5.74, 6) is -1.04. The zero-order valence-corrected chi connectivity index (χ0v) is 10.9. The maximum Gasteiger partial charge on any atom is 0.305 e. The molecule has 7 heteroatoms. The molecule has 0 radical (unpaired) electrons. The molecule has 0 atom stereocenters. The van der Waals surface area contributed by atoms with Crippen molar-refractivity contribution >= 4 is 21.9 Å². The number of nitrogens with one attached hydrogen (secondary N) is 1. The molecule has 0 heterocycles. The van der Waals surface area contributed by atoms with E-state index in [1.165, 1.54) is 0 Å². The first-order valence-electron chi connectivity index (χ1n) is 5.51. The van der Waals surface area contributed by atoms with Gasteiger partial charge in [-0.25, -0.2) is 0 Å². The first-order valence-corrected chi connectivity index (χ1v) is 6.95. The van der Waals surface area contributed by atoms with Crippen LogP contribution in [0.2, 0.25) is 0 Å². The summed E-state index contributed by atoms with van der Waals surface area (Å²) in [5.41, 5.74) is 0.444. The van der Waals surface area contributed by atoms with Crippen molar-refractivity contribution in [3.05, 3.63) is 30.3 Å². The fourth-order valence-corrected chi connectivity index (χ4v) is 2.69. The van der Waals surface area contributed by atoms with Gasteiger partial charge in [0, 0.05) is 13.1 Å². The number of nitrogens with zero attached hydrogens (tertiary/aromatic N) is 1. The molecule has 0 aliphatic carbocycles. The fraction of sp³-hybridized carbons (Fsp3) is 0.364. The van der Waals surface area contributed by atoms with Crippen LogP contribution < -0.4 is 9.03 Å². The number of benzene rings is 1. The third-order valence-corrected chi connectivity index (χ3v) is 3.82. The topological polar surface area (TPSA) is 86.7 Å². The van der Waals surface area contributed by atoms with Crippen LogP contribution in [0.25, 0.3) is 0 Å². The highest BCUT2D eigenvalue weighted by Crippen LogP contribution is 2.16. The van der Waals surface area contributed by atoms with Crippen molar-refractivity contribution in [2.45, 2.75) is 13.3 Å². The smallest absolute Gasteiger partial charge is 0.305 e. The molecule has 0 aliphatic heterocycles. The molecular weight excluding hydrogens is 256 g/mol. The average molecular weight is 272 g/mol. The first kappa shape index (κ1) is 14.5. The van der Waals surface area contributed by atoms with Crippen molar-refractivity contribution in [1.82, 2.24) is 4.72 Å². The molecule has 0 aromatic heterocycles. The van der Waals surface area contributed by atoms with E-state index >= 15 is 0 Å². The van der Waals surface area contributed by atoms with E-state index in [-0.39, 0.29) is 19.5 Å². The molecule has 18 heavy (non-hydrogen) atoms. The summed E-state index contributed by atoms with van der Waals surface area (Å²) in [6, 6.07) is 8.40. The Morgan fingerprint density at radius 3 is 2.44 bits per heavy atom. The molecule has 1 aromatic rings. The highest BCUT2D eigenvalue weighted by Gasteiger charge is 2.21. The number of aliphatic carboxylic acids is 1. The maximum absolute atomic E-state index is 12.0. The van der Waals surface area contributed by atoms with E-state index in [2.05, 4.69) is 4.72 Å². The van der Waals surface area contributed by atoms with E-state index in [9.17, 15) is 13.2 Å². The SMILES string of the molecule is CCNS(=O)(=O)N(CCC(=O)O)c1ccccc1. The van der Waals surface area contributed by atoms with Gasteiger partial charge in [-0.2, -0.15) is 13.1 Å². The summed E-state index contributed by atoms with van der Waals surface area (Å²) >= 11 is 0. The Balaban J connectivity index is 2.99. The molecule has 0 bridgehead atoms. The van der Waals surface area contributed by atoms with Gasteiger partial charge in [0.1, 0.15) is 0 Å².